The molecule has 1 N–H and O–H groups in total. The Morgan fingerprint density at radius 3 is 2.73 bits per heavy atom. The molecule has 0 saturated carbocycles. The molecule has 2 aromatic rings. The topological polar surface area (TPSA) is 42.3 Å². The Hall–Kier alpha value is -2.01. The molecule has 0 bridgehead atoms. The van der Waals surface area contributed by atoms with Gasteiger partial charge in [-0.15, -0.1) is 0 Å². The number of piperazine rings is 1. The summed E-state index contributed by atoms with van der Waals surface area (Å²) in [6.45, 7) is 8.29. The van der Waals surface area contributed by atoms with Crippen LogP contribution in [0.4, 0.5) is 5.69 Å². The lowest BCUT2D eigenvalue weighted by atomic mass is 10.0. The zero-order chi connectivity index (χ0) is 15.6. The van der Waals surface area contributed by atoms with Crippen LogP contribution in [0.5, 0.6) is 5.75 Å². The van der Waals surface area contributed by atoms with Gasteiger partial charge in [-0.3, -0.25) is 4.68 Å². The fraction of sp³-hybridized carbons (Fsp3) is 0.471. The average molecular weight is 300 g/mol. The van der Waals surface area contributed by atoms with Gasteiger partial charge in [0.1, 0.15) is 5.75 Å². The molecule has 0 unspecified atom stereocenters. The highest BCUT2D eigenvalue weighted by molar-refractivity contribution is 5.44. The van der Waals surface area contributed by atoms with Gasteiger partial charge in [0.25, 0.3) is 0 Å². The van der Waals surface area contributed by atoms with Crippen LogP contribution in [-0.4, -0.2) is 42.1 Å². The number of rotatable bonds is 4. The lowest BCUT2D eigenvalue weighted by Gasteiger charge is -2.39. The first-order valence-corrected chi connectivity index (χ1v) is 7.71. The molecular weight excluding hydrogens is 276 g/mol. The van der Waals surface area contributed by atoms with Crippen LogP contribution in [0.25, 0.3) is 0 Å². The summed E-state index contributed by atoms with van der Waals surface area (Å²) < 4.78 is 7.18. The van der Waals surface area contributed by atoms with E-state index in [1.807, 2.05) is 23.0 Å². The molecule has 1 aliphatic rings. The van der Waals surface area contributed by atoms with Crippen molar-refractivity contribution in [3.8, 4) is 5.75 Å². The minimum Gasteiger partial charge on any atom is -0.497 e. The molecule has 2 heterocycles. The van der Waals surface area contributed by atoms with E-state index in [0.717, 1.165) is 31.9 Å². The summed E-state index contributed by atoms with van der Waals surface area (Å²) in [6.07, 6.45) is 4.09. The number of benzene rings is 1. The Morgan fingerprint density at radius 1 is 1.27 bits per heavy atom. The van der Waals surface area contributed by atoms with E-state index in [2.05, 4.69) is 47.5 Å². The number of ether oxygens (including phenoxy) is 1. The van der Waals surface area contributed by atoms with Gasteiger partial charge in [0, 0.05) is 31.4 Å². The summed E-state index contributed by atoms with van der Waals surface area (Å²) in [7, 11) is 1.68. The van der Waals surface area contributed by atoms with Crippen LogP contribution in [0.3, 0.4) is 0 Å². The Balaban J connectivity index is 1.68. The van der Waals surface area contributed by atoms with Gasteiger partial charge in [0.2, 0.25) is 0 Å². The predicted molar refractivity (Wildman–Crippen MR) is 88.6 cm³/mol. The molecule has 1 aromatic heterocycles. The summed E-state index contributed by atoms with van der Waals surface area (Å²) >= 11 is 0. The third kappa shape index (κ3) is 3.42. The van der Waals surface area contributed by atoms with Crippen LogP contribution in [0, 0.1) is 0 Å². The van der Waals surface area contributed by atoms with E-state index < -0.39 is 0 Å². The van der Waals surface area contributed by atoms with Crippen LogP contribution in [0.1, 0.15) is 19.4 Å². The Morgan fingerprint density at radius 2 is 2.05 bits per heavy atom. The number of aromatic nitrogens is 2. The van der Waals surface area contributed by atoms with Gasteiger partial charge in [-0.25, -0.2) is 0 Å². The van der Waals surface area contributed by atoms with Crippen molar-refractivity contribution in [2.75, 3.05) is 31.6 Å². The molecular formula is C17H24N4O. The molecule has 0 amide bonds. The van der Waals surface area contributed by atoms with Crippen LogP contribution in [0.2, 0.25) is 0 Å². The second-order valence-corrected chi connectivity index (χ2v) is 6.48. The number of nitrogens with one attached hydrogen (secondary N) is 1. The van der Waals surface area contributed by atoms with Crippen molar-refractivity contribution in [3.05, 3.63) is 42.2 Å². The van der Waals surface area contributed by atoms with E-state index in [1.54, 1.807) is 7.11 Å². The summed E-state index contributed by atoms with van der Waals surface area (Å²) in [4.78, 5) is 2.40. The third-order valence-electron chi connectivity index (χ3n) is 4.06. The quantitative estimate of drug-likeness (QED) is 0.939. The molecule has 0 spiro atoms. The molecule has 1 aromatic carbocycles. The van der Waals surface area contributed by atoms with Crippen LogP contribution in [-0.2, 0) is 6.54 Å². The molecule has 0 atom stereocenters. The Bertz CT molecular complexity index is 618. The number of anilines is 1. The van der Waals surface area contributed by atoms with E-state index in [9.17, 15) is 0 Å². The third-order valence-corrected chi connectivity index (χ3v) is 4.06. The van der Waals surface area contributed by atoms with Crippen molar-refractivity contribution in [1.29, 1.82) is 0 Å². The van der Waals surface area contributed by atoms with E-state index in [4.69, 9.17) is 4.74 Å². The molecule has 1 fully saturated rings. The lowest BCUT2D eigenvalue weighted by molar-refractivity contribution is 0.353. The molecule has 0 radical (unpaired) electrons. The molecule has 1 saturated heterocycles. The first-order chi connectivity index (χ1) is 10.6. The minimum absolute atomic E-state index is 0.149. The molecule has 5 heteroatoms. The smallest absolute Gasteiger partial charge is 0.118 e. The highest BCUT2D eigenvalue weighted by atomic mass is 16.5. The van der Waals surface area contributed by atoms with Crippen molar-refractivity contribution < 1.29 is 4.74 Å². The maximum absolute atomic E-state index is 5.19. The Kier molecular flexibility index (Phi) is 4.07. The fourth-order valence-corrected chi connectivity index (χ4v) is 2.88. The van der Waals surface area contributed by atoms with Gasteiger partial charge in [0.15, 0.2) is 0 Å². The normalized spacial score (nSPS) is 17.5. The van der Waals surface area contributed by atoms with E-state index in [-0.39, 0.29) is 5.54 Å². The van der Waals surface area contributed by atoms with E-state index in [1.165, 1.54) is 11.3 Å². The molecule has 1 aliphatic heterocycles. The van der Waals surface area contributed by atoms with Gasteiger partial charge in [-0.05, 0) is 31.5 Å². The van der Waals surface area contributed by atoms with Crippen molar-refractivity contribution in [1.82, 2.24) is 15.1 Å². The lowest BCUT2D eigenvalue weighted by Crippen LogP contribution is -2.57. The molecule has 0 aliphatic carbocycles. The highest BCUT2D eigenvalue weighted by Crippen LogP contribution is 2.20. The maximum Gasteiger partial charge on any atom is 0.118 e. The highest BCUT2D eigenvalue weighted by Gasteiger charge is 2.26. The van der Waals surface area contributed by atoms with Crippen molar-refractivity contribution in [2.24, 2.45) is 0 Å². The fourth-order valence-electron chi connectivity index (χ4n) is 2.88. The van der Waals surface area contributed by atoms with Crippen molar-refractivity contribution in [2.45, 2.75) is 25.9 Å². The minimum atomic E-state index is 0.149. The van der Waals surface area contributed by atoms with Crippen molar-refractivity contribution in [3.63, 3.8) is 0 Å². The number of hydrogen-bond acceptors (Lipinski definition) is 4. The summed E-state index contributed by atoms with van der Waals surface area (Å²) in [6, 6.07) is 8.12. The number of methoxy groups -OCH3 is 1. The zero-order valence-electron chi connectivity index (χ0n) is 13.5. The maximum atomic E-state index is 5.19. The second kappa shape index (κ2) is 6.01. The first-order valence-electron chi connectivity index (χ1n) is 7.71. The van der Waals surface area contributed by atoms with Gasteiger partial charge in [-0.2, -0.15) is 5.10 Å². The molecule has 118 valence electrons. The monoisotopic (exact) mass is 300 g/mol. The summed E-state index contributed by atoms with van der Waals surface area (Å²) in [5.41, 5.74) is 2.57. The van der Waals surface area contributed by atoms with Gasteiger partial charge in [0.05, 0.1) is 25.5 Å². The summed E-state index contributed by atoms with van der Waals surface area (Å²) in [5.74, 6) is 0.882. The second-order valence-electron chi connectivity index (χ2n) is 6.48. The predicted octanol–water partition coefficient (Wildman–Crippen LogP) is 2.13. The van der Waals surface area contributed by atoms with E-state index in [0.29, 0.717) is 0 Å². The van der Waals surface area contributed by atoms with Gasteiger partial charge in [-0.1, -0.05) is 12.1 Å². The van der Waals surface area contributed by atoms with Gasteiger partial charge < -0.3 is 15.0 Å². The van der Waals surface area contributed by atoms with Crippen molar-refractivity contribution >= 4 is 5.69 Å². The van der Waals surface area contributed by atoms with Crippen LogP contribution >= 0.6 is 0 Å². The molecule has 3 rings (SSSR count). The van der Waals surface area contributed by atoms with Crippen LogP contribution < -0.4 is 15.0 Å². The first kappa shape index (κ1) is 14.9. The molecule has 5 nitrogen and oxygen atoms in total. The van der Waals surface area contributed by atoms with Crippen LogP contribution in [0.15, 0.2) is 36.7 Å². The van der Waals surface area contributed by atoms with Gasteiger partial charge >= 0.3 is 0 Å². The standard InChI is InChI=1S/C17H24N4O/c1-17(2)13-20(9-8-18-17)15-10-19-21(12-15)11-14-4-6-16(22-3)7-5-14/h4-7,10,12,18H,8-9,11,13H2,1-3H3. The SMILES string of the molecule is COc1ccc(Cn2cc(N3CCNC(C)(C)C3)cn2)cc1. The summed E-state index contributed by atoms with van der Waals surface area (Å²) in [5, 5.41) is 8.04. The zero-order valence-corrected chi connectivity index (χ0v) is 13.5. The number of hydrogen-bond donors (Lipinski definition) is 1. The Labute approximate surface area is 131 Å². The molecule has 22 heavy (non-hydrogen) atoms. The largest absolute Gasteiger partial charge is 0.497 e. The number of nitrogens with zero attached hydrogens (tertiary/aromatic N) is 3. The van der Waals surface area contributed by atoms with E-state index >= 15 is 0 Å². The average Bonchev–Trinajstić information content (AvgIpc) is 2.96.